The predicted molar refractivity (Wildman–Crippen MR) is 103 cm³/mol. The fourth-order valence-electron chi connectivity index (χ4n) is 3.78. The molecule has 1 heterocycles. The Kier molecular flexibility index (Phi) is 6.83. The number of carboxylic acids is 1. The zero-order valence-electron chi connectivity index (χ0n) is 15.6. The molecule has 1 aliphatic carbocycles. The molecular formula is C21H30N2O3. The number of nitrogens with one attached hydrogen (secondary N) is 1. The Morgan fingerprint density at radius 2 is 2.04 bits per heavy atom. The molecule has 5 heteroatoms. The lowest BCUT2D eigenvalue weighted by molar-refractivity contribution is -0.142. The van der Waals surface area contributed by atoms with Crippen LogP contribution in [0.5, 0.6) is 0 Å². The molecule has 2 atom stereocenters. The van der Waals surface area contributed by atoms with Crippen LogP contribution in [-0.4, -0.2) is 60.9 Å². The second kappa shape index (κ2) is 9.31. The number of likely N-dealkylation sites (tertiary alicyclic amines) is 1. The molecule has 2 aliphatic rings. The lowest BCUT2D eigenvalue weighted by atomic mass is 10.0. The van der Waals surface area contributed by atoms with Crippen LogP contribution in [0.2, 0.25) is 0 Å². The van der Waals surface area contributed by atoms with Crippen LogP contribution in [0, 0.1) is 5.92 Å². The smallest absolute Gasteiger partial charge is 0.329 e. The lowest BCUT2D eigenvalue weighted by Gasteiger charge is -2.32. The number of piperidine rings is 1. The molecule has 1 aromatic carbocycles. The van der Waals surface area contributed by atoms with Crippen molar-refractivity contribution in [1.82, 2.24) is 10.2 Å². The summed E-state index contributed by atoms with van der Waals surface area (Å²) < 4.78 is 5.13. The topological polar surface area (TPSA) is 61.8 Å². The van der Waals surface area contributed by atoms with E-state index in [4.69, 9.17) is 9.84 Å². The van der Waals surface area contributed by atoms with Crippen molar-refractivity contribution in [1.29, 1.82) is 0 Å². The maximum atomic E-state index is 10.4. The van der Waals surface area contributed by atoms with Crippen molar-refractivity contribution in [2.24, 2.45) is 5.92 Å². The first-order valence-corrected chi connectivity index (χ1v) is 9.63. The molecule has 0 radical (unpaired) electrons. The van der Waals surface area contributed by atoms with Gasteiger partial charge in [-0.2, -0.15) is 0 Å². The molecular weight excluding hydrogens is 328 g/mol. The minimum atomic E-state index is -0.900. The fraction of sp³-hybridized carbons (Fsp3) is 0.571. The second-order valence-electron chi connectivity index (χ2n) is 7.48. The molecule has 142 valence electrons. The van der Waals surface area contributed by atoms with Gasteiger partial charge >= 0.3 is 5.97 Å². The fourth-order valence-corrected chi connectivity index (χ4v) is 3.78. The van der Waals surface area contributed by atoms with Gasteiger partial charge in [0.2, 0.25) is 0 Å². The number of carboxylic acid groups (broad SMARTS) is 1. The third-order valence-corrected chi connectivity index (χ3v) is 5.38. The molecule has 2 N–H and O–H groups in total. The van der Waals surface area contributed by atoms with Crippen molar-refractivity contribution < 1.29 is 14.6 Å². The van der Waals surface area contributed by atoms with Gasteiger partial charge in [-0.05, 0) is 50.8 Å². The maximum Gasteiger partial charge on any atom is 0.329 e. The van der Waals surface area contributed by atoms with Crippen molar-refractivity contribution in [2.75, 3.05) is 32.8 Å². The highest BCUT2D eigenvalue weighted by Gasteiger charge is 2.39. The normalized spacial score (nSPS) is 24.6. The van der Waals surface area contributed by atoms with E-state index in [2.05, 4.69) is 53.5 Å². The number of aliphatic carboxylic acids is 1. The lowest BCUT2D eigenvalue weighted by Crippen LogP contribution is -2.44. The molecule has 1 aliphatic heterocycles. The summed E-state index contributed by atoms with van der Waals surface area (Å²) >= 11 is 0. The summed E-state index contributed by atoms with van der Waals surface area (Å²) in [5.74, 6) is -0.221. The van der Waals surface area contributed by atoms with Crippen LogP contribution < -0.4 is 5.32 Å². The summed E-state index contributed by atoms with van der Waals surface area (Å²) in [5.41, 5.74) is 2.76. The average molecular weight is 358 g/mol. The molecule has 2 fully saturated rings. The van der Waals surface area contributed by atoms with Crippen molar-refractivity contribution >= 4 is 12.0 Å². The number of nitrogens with zero attached hydrogens (tertiary/aromatic N) is 1. The Labute approximate surface area is 156 Å². The highest BCUT2D eigenvalue weighted by molar-refractivity contribution is 5.67. The van der Waals surface area contributed by atoms with Gasteiger partial charge in [-0.3, -0.25) is 0 Å². The van der Waals surface area contributed by atoms with E-state index in [0.29, 0.717) is 24.6 Å². The first-order valence-electron chi connectivity index (χ1n) is 9.63. The molecule has 3 rings (SSSR count). The minimum Gasteiger partial charge on any atom is -0.480 e. The summed E-state index contributed by atoms with van der Waals surface area (Å²) in [5, 5.41) is 12.4. The highest BCUT2D eigenvalue weighted by atomic mass is 16.5. The summed E-state index contributed by atoms with van der Waals surface area (Å²) in [4.78, 5) is 12.8. The zero-order valence-corrected chi connectivity index (χ0v) is 15.6. The standard InChI is InChI=1S/C21H30N2O3/c1-16(13-17-5-3-2-4-6-17)19-14-20(19)22-18-7-9-23(10-8-18)11-12-26-15-21(24)25/h2-6,13,18-20,22H,7-12,14-15H2,1H3,(H,24,25). The van der Waals surface area contributed by atoms with Gasteiger partial charge in [0.05, 0.1) is 6.61 Å². The van der Waals surface area contributed by atoms with Crippen LogP contribution in [0.25, 0.3) is 6.08 Å². The third kappa shape index (κ3) is 5.94. The van der Waals surface area contributed by atoms with E-state index in [1.807, 2.05) is 0 Å². The van der Waals surface area contributed by atoms with Crippen LogP contribution in [0.1, 0.15) is 31.7 Å². The van der Waals surface area contributed by atoms with Gasteiger partial charge < -0.3 is 20.1 Å². The molecule has 1 aromatic rings. The Morgan fingerprint density at radius 3 is 2.73 bits per heavy atom. The summed E-state index contributed by atoms with van der Waals surface area (Å²) in [6.45, 7) is 5.49. The van der Waals surface area contributed by atoms with Crippen LogP contribution >= 0.6 is 0 Å². The zero-order chi connectivity index (χ0) is 18.4. The highest BCUT2D eigenvalue weighted by Crippen LogP contribution is 2.38. The van der Waals surface area contributed by atoms with Gasteiger partial charge in [-0.1, -0.05) is 42.0 Å². The largest absolute Gasteiger partial charge is 0.480 e. The predicted octanol–water partition coefficient (Wildman–Crippen LogP) is 2.63. The van der Waals surface area contributed by atoms with E-state index in [1.165, 1.54) is 17.6 Å². The summed E-state index contributed by atoms with van der Waals surface area (Å²) in [7, 11) is 0. The number of ether oxygens (including phenoxy) is 1. The van der Waals surface area contributed by atoms with E-state index in [-0.39, 0.29) is 6.61 Å². The number of carbonyl (C=O) groups is 1. The average Bonchev–Trinajstić information content (AvgIpc) is 3.40. The van der Waals surface area contributed by atoms with Crippen molar-refractivity contribution in [3.05, 3.63) is 41.5 Å². The Morgan fingerprint density at radius 1 is 1.31 bits per heavy atom. The molecule has 1 saturated carbocycles. The van der Waals surface area contributed by atoms with Crippen LogP contribution in [-0.2, 0) is 9.53 Å². The molecule has 26 heavy (non-hydrogen) atoms. The third-order valence-electron chi connectivity index (χ3n) is 5.38. The minimum absolute atomic E-state index is 0.197. The van der Waals surface area contributed by atoms with E-state index in [9.17, 15) is 4.79 Å². The molecule has 2 unspecified atom stereocenters. The van der Waals surface area contributed by atoms with Crippen LogP contribution in [0.15, 0.2) is 35.9 Å². The number of rotatable bonds is 9. The van der Waals surface area contributed by atoms with Crippen molar-refractivity contribution in [2.45, 2.75) is 38.3 Å². The van der Waals surface area contributed by atoms with E-state index >= 15 is 0 Å². The monoisotopic (exact) mass is 358 g/mol. The molecule has 0 amide bonds. The Balaban J connectivity index is 1.33. The molecule has 0 spiro atoms. The number of hydrogen-bond donors (Lipinski definition) is 2. The van der Waals surface area contributed by atoms with E-state index in [1.54, 1.807) is 0 Å². The van der Waals surface area contributed by atoms with Gasteiger partial charge in [0, 0.05) is 18.6 Å². The van der Waals surface area contributed by atoms with Crippen LogP contribution in [0.4, 0.5) is 0 Å². The maximum absolute atomic E-state index is 10.4. The number of hydrogen-bond acceptors (Lipinski definition) is 4. The van der Waals surface area contributed by atoms with Gasteiger partial charge in [-0.25, -0.2) is 4.79 Å². The number of benzene rings is 1. The van der Waals surface area contributed by atoms with Crippen molar-refractivity contribution in [3.63, 3.8) is 0 Å². The quantitative estimate of drug-likeness (QED) is 0.665. The van der Waals surface area contributed by atoms with Crippen molar-refractivity contribution in [3.8, 4) is 0 Å². The van der Waals surface area contributed by atoms with Crippen LogP contribution in [0.3, 0.4) is 0 Å². The SMILES string of the molecule is CC(=Cc1ccccc1)C1CC1NC1CCN(CCOCC(=O)O)CC1. The van der Waals surface area contributed by atoms with E-state index < -0.39 is 5.97 Å². The van der Waals surface area contributed by atoms with Gasteiger partial charge in [-0.15, -0.1) is 0 Å². The van der Waals surface area contributed by atoms with E-state index in [0.717, 1.165) is 32.5 Å². The summed E-state index contributed by atoms with van der Waals surface area (Å²) in [6, 6.07) is 11.8. The van der Waals surface area contributed by atoms with Gasteiger partial charge in [0.1, 0.15) is 6.61 Å². The first-order chi connectivity index (χ1) is 12.6. The van der Waals surface area contributed by atoms with Gasteiger partial charge in [0.25, 0.3) is 0 Å². The molecule has 0 aromatic heterocycles. The summed E-state index contributed by atoms with van der Waals surface area (Å²) in [6.07, 6.45) is 5.87. The second-order valence-corrected chi connectivity index (χ2v) is 7.48. The Bertz CT molecular complexity index is 609. The molecule has 5 nitrogen and oxygen atoms in total. The molecule has 1 saturated heterocycles. The Hall–Kier alpha value is -1.69. The van der Waals surface area contributed by atoms with Gasteiger partial charge in [0.15, 0.2) is 0 Å². The first kappa shape index (κ1) is 19.1. The molecule has 0 bridgehead atoms.